The van der Waals surface area contributed by atoms with Crippen LogP contribution in [0, 0.1) is 23.0 Å². The Morgan fingerprint density at radius 1 is 1.16 bits per heavy atom. The lowest BCUT2D eigenvalue weighted by Crippen LogP contribution is -2.46. The minimum atomic E-state index is -1.06. The highest BCUT2D eigenvalue weighted by atomic mass is 19.1. The molecule has 1 saturated heterocycles. The Bertz CT molecular complexity index is 1220. The van der Waals surface area contributed by atoms with E-state index in [0.717, 1.165) is 23.8 Å². The van der Waals surface area contributed by atoms with Gasteiger partial charge in [-0.25, -0.2) is 22.8 Å². The summed E-state index contributed by atoms with van der Waals surface area (Å²) in [4.78, 5) is 19.7. The Morgan fingerprint density at radius 3 is 2.51 bits per heavy atom. The van der Waals surface area contributed by atoms with Crippen molar-refractivity contribution in [2.24, 2.45) is 11.3 Å². The normalized spacial score (nSPS) is 18.7. The Balaban J connectivity index is 1.86. The van der Waals surface area contributed by atoms with Crippen LogP contribution in [-0.2, 0) is 11.3 Å². The van der Waals surface area contributed by atoms with Crippen molar-refractivity contribution in [3.8, 4) is 11.4 Å². The van der Waals surface area contributed by atoms with Gasteiger partial charge in [0.05, 0.1) is 18.2 Å². The summed E-state index contributed by atoms with van der Waals surface area (Å²) in [5, 5.41) is 7.66. The summed E-state index contributed by atoms with van der Waals surface area (Å²) in [5.74, 6) is -1.26. The van der Waals surface area contributed by atoms with Crippen LogP contribution in [0.25, 0.3) is 11.4 Å². The van der Waals surface area contributed by atoms with Gasteiger partial charge in [-0.15, -0.1) is 0 Å². The predicted molar refractivity (Wildman–Crippen MR) is 136 cm³/mol. The van der Waals surface area contributed by atoms with E-state index >= 15 is 0 Å². The first-order valence-electron chi connectivity index (χ1n) is 12.7. The van der Waals surface area contributed by atoms with Crippen molar-refractivity contribution in [2.45, 2.75) is 52.9 Å². The van der Waals surface area contributed by atoms with Gasteiger partial charge in [0.25, 0.3) is 0 Å². The van der Waals surface area contributed by atoms with Crippen molar-refractivity contribution in [1.82, 2.24) is 25.0 Å². The van der Waals surface area contributed by atoms with Crippen LogP contribution in [0.1, 0.15) is 51.5 Å². The zero-order valence-electron chi connectivity index (χ0n) is 21.7. The lowest BCUT2D eigenvalue weighted by molar-refractivity contribution is -0.137. The molecule has 0 spiro atoms. The molecule has 1 fully saturated rings. The summed E-state index contributed by atoms with van der Waals surface area (Å²) in [6.45, 7) is 8.99. The lowest BCUT2D eigenvalue weighted by atomic mass is 9.84. The van der Waals surface area contributed by atoms with Crippen LogP contribution in [0.3, 0.4) is 0 Å². The van der Waals surface area contributed by atoms with Gasteiger partial charge in [-0.2, -0.15) is 5.10 Å². The number of alkyl halides is 1. The molecule has 198 valence electrons. The Kier molecular flexibility index (Phi) is 8.02. The molecule has 37 heavy (non-hydrogen) atoms. The van der Waals surface area contributed by atoms with E-state index < -0.39 is 29.3 Å². The number of carbonyl (C=O) groups is 1. The average Bonchev–Trinajstić information content (AvgIpc) is 3.45. The number of amides is 1. The first-order chi connectivity index (χ1) is 17.6. The second-order valence-corrected chi connectivity index (χ2v) is 10.7. The number of halogens is 3. The number of hydrogen-bond donors (Lipinski definition) is 1. The van der Waals surface area contributed by atoms with E-state index in [0.29, 0.717) is 18.9 Å². The van der Waals surface area contributed by atoms with Gasteiger partial charge in [-0.1, -0.05) is 58.0 Å². The van der Waals surface area contributed by atoms with Crippen LogP contribution in [-0.4, -0.2) is 51.4 Å². The van der Waals surface area contributed by atoms with Gasteiger partial charge in [-0.3, -0.25) is 4.79 Å². The summed E-state index contributed by atoms with van der Waals surface area (Å²) in [6, 6.07) is 12.2. The van der Waals surface area contributed by atoms with Crippen LogP contribution in [0.4, 0.5) is 13.2 Å². The second-order valence-electron chi connectivity index (χ2n) is 10.7. The maximum atomic E-state index is 14.7. The van der Waals surface area contributed by atoms with Gasteiger partial charge >= 0.3 is 0 Å². The summed E-state index contributed by atoms with van der Waals surface area (Å²) in [5.41, 5.74) is 0.352. The fourth-order valence-corrected chi connectivity index (χ4v) is 4.89. The largest absolute Gasteiger partial charge is 0.331 e. The molecule has 3 atom stereocenters. The quantitative estimate of drug-likeness (QED) is 0.452. The topological polar surface area (TPSA) is 63.1 Å². The summed E-state index contributed by atoms with van der Waals surface area (Å²) >= 11 is 0. The SMILES string of the molecule is CCC(=O)N(C[C@@H]1CNC[C@@H]1F)[C@@H](c1nc(-c2cc(F)ccc2F)nn1Cc1ccccc1)C(C)(C)C. The third-order valence-corrected chi connectivity index (χ3v) is 6.73. The molecule has 1 N–H and O–H groups in total. The standard InChI is InChI=1S/C28H34F3N5O/c1-5-24(37)35(17-19-14-32-15-23(19)31)25(28(2,3)4)27-33-26(21-13-20(29)11-12-22(21)30)34-36(27)16-18-9-7-6-8-10-18/h6-13,19,23,25,32H,5,14-17H2,1-4H3/t19-,23-,25-/m0/s1. The lowest BCUT2D eigenvalue weighted by Gasteiger charge is -2.41. The second kappa shape index (κ2) is 11.0. The third-order valence-electron chi connectivity index (χ3n) is 6.73. The number of nitrogens with zero attached hydrogens (tertiary/aromatic N) is 4. The van der Waals surface area contributed by atoms with Gasteiger partial charge in [0, 0.05) is 32.0 Å². The number of nitrogens with one attached hydrogen (secondary N) is 1. The molecule has 6 nitrogen and oxygen atoms in total. The highest BCUT2D eigenvalue weighted by molar-refractivity contribution is 5.76. The van der Waals surface area contributed by atoms with E-state index in [1.54, 1.807) is 16.5 Å². The molecule has 0 aliphatic carbocycles. The fraction of sp³-hybridized carbons (Fsp3) is 0.464. The monoisotopic (exact) mass is 513 g/mol. The molecule has 1 aromatic heterocycles. The van der Waals surface area contributed by atoms with Crippen molar-refractivity contribution in [1.29, 1.82) is 0 Å². The first-order valence-corrected chi connectivity index (χ1v) is 12.7. The van der Waals surface area contributed by atoms with Gasteiger partial charge in [0.2, 0.25) is 5.91 Å². The molecule has 2 aromatic carbocycles. The molecular weight excluding hydrogens is 479 g/mol. The van der Waals surface area contributed by atoms with E-state index in [4.69, 9.17) is 4.98 Å². The fourth-order valence-electron chi connectivity index (χ4n) is 4.89. The van der Waals surface area contributed by atoms with Crippen LogP contribution in [0.15, 0.2) is 48.5 Å². The molecule has 0 saturated carbocycles. The van der Waals surface area contributed by atoms with E-state index in [2.05, 4.69) is 10.4 Å². The maximum Gasteiger partial charge on any atom is 0.222 e. The molecule has 9 heteroatoms. The number of carbonyl (C=O) groups excluding carboxylic acids is 1. The molecule has 3 aromatic rings. The molecule has 1 aliphatic rings. The van der Waals surface area contributed by atoms with Gasteiger partial charge in [0.1, 0.15) is 17.8 Å². The third kappa shape index (κ3) is 6.04. The van der Waals surface area contributed by atoms with Crippen LogP contribution in [0.2, 0.25) is 0 Å². The van der Waals surface area contributed by atoms with Crippen LogP contribution >= 0.6 is 0 Å². The highest BCUT2D eigenvalue weighted by Crippen LogP contribution is 2.40. The average molecular weight is 514 g/mol. The number of benzene rings is 2. The van der Waals surface area contributed by atoms with Gasteiger partial charge < -0.3 is 10.2 Å². The molecule has 1 aliphatic heterocycles. The Hall–Kier alpha value is -3.20. The van der Waals surface area contributed by atoms with Crippen molar-refractivity contribution in [2.75, 3.05) is 19.6 Å². The van der Waals surface area contributed by atoms with Crippen molar-refractivity contribution in [3.05, 3.63) is 71.6 Å². The minimum Gasteiger partial charge on any atom is -0.331 e. The van der Waals surface area contributed by atoms with Gasteiger partial charge in [-0.05, 0) is 29.2 Å². The van der Waals surface area contributed by atoms with Crippen molar-refractivity contribution in [3.63, 3.8) is 0 Å². The summed E-state index contributed by atoms with van der Waals surface area (Å²) < 4.78 is 45.1. The van der Waals surface area contributed by atoms with E-state index in [9.17, 15) is 18.0 Å². The van der Waals surface area contributed by atoms with Crippen molar-refractivity contribution < 1.29 is 18.0 Å². The first kappa shape index (κ1) is 26.9. The minimum absolute atomic E-state index is 0.0342. The van der Waals surface area contributed by atoms with Gasteiger partial charge in [0.15, 0.2) is 11.6 Å². The summed E-state index contributed by atoms with van der Waals surface area (Å²) in [7, 11) is 0. The molecule has 0 radical (unpaired) electrons. The van der Waals surface area contributed by atoms with E-state index in [1.807, 2.05) is 51.1 Å². The number of hydrogen-bond acceptors (Lipinski definition) is 4. The molecule has 4 rings (SSSR count). The Labute approximate surface area is 215 Å². The molecule has 2 heterocycles. The van der Waals surface area contributed by atoms with Crippen LogP contribution < -0.4 is 5.32 Å². The molecule has 1 amide bonds. The maximum absolute atomic E-state index is 14.7. The Morgan fingerprint density at radius 2 is 1.89 bits per heavy atom. The highest BCUT2D eigenvalue weighted by Gasteiger charge is 2.41. The number of rotatable bonds is 8. The molecule has 0 unspecified atom stereocenters. The zero-order chi connectivity index (χ0) is 26.7. The summed E-state index contributed by atoms with van der Waals surface area (Å²) in [6.07, 6.45) is -0.825. The zero-order valence-corrected chi connectivity index (χ0v) is 21.7. The van der Waals surface area contributed by atoms with E-state index in [1.165, 1.54) is 0 Å². The van der Waals surface area contributed by atoms with Crippen molar-refractivity contribution >= 4 is 5.91 Å². The predicted octanol–water partition coefficient (Wildman–Crippen LogP) is 5.15. The number of aromatic nitrogens is 3. The molecule has 0 bridgehead atoms. The smallest absolute Gasteiger partial charge is 0.222 e. The van der Waals surface area contributed by atoms with Crippen LogP contribution in [0.5, 0.6) is 0 Å². The molecular formula is C28H34F3N5O. The van der Waals surface area contributed by atoms with E-state index in [-0.39, 0.29) is 42.7 Å².